The Morgan fingerprint density at radius 2 is 1.90 bits per heavy atom. The summed E-state index contributed by atoms with van der Waals surface area (Å²) in [4.78, 5) is 32.4. The molecule has 5 rings (SSSR count). The molecule has 1 unspecified atom stereocenters. The van der Waals surface area contributed by atoms with Crippen LogP contribution in [0.25, 0.3) is 0 Å². The summed E-state index contributed by atoms with van der Waals surface area (Å²) in [6.45, 7) is 4.89. The van der Waals surface area contributed by atoms with Crippen LogP contribution in [0.5, 0.6) is 0 Å². The maximum Gasteiger partial charge on any atom is 0.289 e. The van der Waals surface area contributed by atoms with Gasteiger partial charge in [-0.05, 0) is 93.1 Å². The quantitative estimate of drug-likeness (QED) is 0.349. The topological polar surface area (TPSA) is 99.0 Å². The first kappa shape index (κ1) is 27.5. The summed E-state index contributed by atoms with van der Waals surface area (Å²) in [5, 5.41) is 10.5. The minimum atomic E-state index is -0.203. The lowest BCUT2D eigenvalue weighted by atomic mass is 9.95. The standard InChI is InChI=1S/C31H34ClN5O3/c1-3-26(32)29-34-20(2)33-24-7-4-6-21(18-24)9-10-23-19-25(35-29)11-12-27(23)36-30(38)22-13-15-37(16-14-22)31(39)28-8-5-17-40-28/h3-8,11-12,17-20,22,33H,9-10,13-16H2,1-2H3,(H,34,35)(H,36,38)/b26-3+. The van der Waals surface area contributed by atoms with Gasteiger partial charge >= 0.3 is 0 Å². The van der Waals surface area contributed by atoms with Crippen LogP contribution in [0.1, 0.15) is 48.4 Å². The zero-order valence-corrected chi connectivity index (χ0v) is 23.5. The van der Waals surface area contributed by atoms with Gasteiger partial charge in [0.25, 0.3) is 5.91 Å². The van der Waals surface area contributed by atoms with Crippen molar-refractivity contribution < 1.29 is 14.0 Å². The van der Waals surface area contributed by atoms with Gasteiger partial charge in [-0.3, -0.25) is 9.59 Å². The summed E-state index contributed by atoms with van der Waals surface area (Å²) in [6, 6.07) is 17.6. The number of nitrogens with one attached hydrogen (secondary N) is 3. The molecule has 2 aromatic carbocycles. The maximum absolute atomic E-state index is 13.3. The number of benzene rings is 2. The molecule has 208 valence electrons. The van der Waals surface area contributed by atoms with Gasteiger partial charge < -0.3 is 25.3 Å². The number of carbonyl (C=O) groups excluding carboxylic acids is 2. The molecule has 2 aliphatic rings. The van der Waals surface area contributed by atoms with E-state index in [4.69, 9.17) is 21.0 Å². The van der Waals surface area contributed by atoms with Crippen LogP contribution in [-0.2, 0) is 17.6 Å². The molecule has 3 N–H and O–H groups in total. The van der Waals surface area contributed by atoms with E-state index in [1.165, 1.54) is 11.8 Å². The van der Waals surface area contributed by atoms with Gasteiger partial charge in [-0.2, -0.15) is 0 Å². The van der Waals surface area contributed by atoms with E-state index in [1.807, 2.05) is 44.2 Å². The van der Waals surface area contributed by atoms with E-state index >= 15 is 0 Å². The minimum absolute atomic E-state index is 0.0239. The summed E-state index contributed by atoms with van der Waals surface area (Å²) >= 11 is 6.51. The molecule has 3 aromatic rings. The Bertz CT molecular complexity index is 1420. The van der Waals surface area contributed by atoms with E-state index in [9.17, 15) is 9.59 Å². The number of hydrogen-bond acceptors (Lipinski definition) is 6. The van der Waals surface area contributed by atoms with Crippen molar-refractivity contribution >= 4 is 46.3 Å². The van der Waals surface area contributed by atoms with E-state index in [0.29, 0.717) is 42.6 Å². The highest BCUT2D eigenvalue weighted by Crippen LogP contribution is 2.27. The summed E-state index contributed by atoms with van der Waals surface area (Å²) < 4.78 is 5.25. The minimum Gasteiger partial charge on any atom is -0.459 e. The van der Waals surface area contributed by atoms with E-state index < -0.39 is 0 Å². The fraction of sp³-hybridized carbons (Fsp3) is 0.323. The van der Waals surface area contributed by atoms with Crippen molar-refractivity contribution in [1.29, 1.82) is 0 Å². The van der Waals surface area contributed by atoms with Crippen molar-refractivity contribution in [3.05, 3.63) is 88.9 Å². The van der Waals surface area contributed by atoms with E-state index in [0.717, 1.165) is 35.5 Å². The first-order valence-electron chi connectivity index (χ1n) is 13.7. The summed E-state index contributed by atoms with van der Waals surface area (Å²) in [5.41, 5.74) is 4.83. The molecular weight excluding hydrogens is 526 g/mol. The number of likely N-dealkylation sites (tertiary alicyclic amines) is 1. The van der Waals surface area contributed by atoms with Gasteiger partial charge in [0.2, 0.25) is 5.91 Å². The number of hydrogen-bond donors (Lipinski definition) is 3. The highest BCUT2D eigenvalue weighted by molar-refractivity contribution is 6.45. The van der Waals surface area contributed by atoms with Crippen LogP contribution in [0, 0.1) is 5.92 Å². The Kier molecular flexibility index (Phi) is 8.55. The molecule has 0 spiro atoms. The molecule has 40 heavy (non-hydrogen) atoms. The van der Waals surface area contributed by atoms with Crippen LogP contribution in [0.2, 0.25) is 0 Å². The van der Waals surface area contributed by atoms with Crippen LogP contribution in [0.3, 0.4) is 0 Å². The van der Waals surface area contributed by atoms with Crippen molar-refractivity contribution in [2.24, 2.45) is 10.9 Å². The zero-order chi connectivity index (χ0) is 28.1. The molecule has 0 radical (unpaired) electrons. The molecule has 1 aromatic heterocycles. The fourth-order valence-electron chi connectivity index (χ4n) is 5.13. The summed E-state index contributed by atoms with van der Waals surface area (Å²) in [5.74, 6) is 0.573. The van der Waals surface area contributed by atoms with E-state index in [2.05, 4.69) is 34.1 Å². The van der Waals surface area contributed by atoms with Crippen molar-refractivity contribution in [3.8, 4) is 0 Å². The fourth-order valence-corrected chi connectivity index (χ4v) is 5.22. The average molecular weight is 560 g/mol. The third kappa shape index (κ3) is 6.57. The number of aliphatic imine (C=N–C) groups is 1. The second kappa shape index (κ2) is 12.4. The van der Waals surface area contributed by atoms with E-state index in [1.54, 1.807) is 17.0 Å². The molecule has 1 atom stereocenters. The number of amides is 2. The predicted octanol–water partition coefficient (Wildman–Crippen LogP) is 6.28. The lowest BCUT2D eigenvalue weighted by Gasteiger charge is -2.31. The number of allylic oxidation sites excluding steroid dienone is 1. The van der Waals surface area contributed by atoms with Gasteiger partial charge in [0.15, 0.2) is 5.76 Å². The first-order chi connectivity index (χ1) is 19.4. The van der Waals surface area contributed by atoms with Gasteiger partial charge in [-0.1, -0.05) is 29.8 Å². The number of aryl methyl sites for hydroxylation is 2. The lowest BCUT2D eigenvalue weighted by molar-refractivity contribution is -0.121. The molecule has 0 aliphatic carbocycles. The Hall–Kier alpha value is -4.04. The van der Waals surface area contributed by atoms with Crippen molar-refractivity contribution in [3.63, 3.8) is 0 Å². The zero-order valence-electron chi connectivity index (χ0n) is 22.7. The third-order valence-corrected chi connectivity index (χ3v) is 7.70. The SMILES string of the molecule is C/C=C(Cl)\C1=N/C(C)Nc2cccc(c2)CCc2cc(ccc2NC(=O)C2CCN(C(=O)c3ccco3)CC2)N1. The largest absolute Gasteiger partial charge is 0.459 e. The molecule has 2 amide bonds. The van der Waals surface area contributed by atoms with Crippen LogP contribution in [-0.4, -0.2) is 41.8 Å². The molecule has 1 saturated heterocycles. The van der Waals surface area contributed by atoms with Gasteiger partial charge in [0.1, 0.15) is 12.0 Å². The normalized spacial score (nSPS) is 19.6. The third-order valence-electron chi connectivity index (χ3n) is 7.30. The summed E-state index contributed by atoms with van der Waals surface area (Å²) in [6.07, 6.45) is 5.86. The van der Waals surface area contributed by atoms with Crippen LogP contribution < -0.4 is 16.0 Å². The van der Waals surface area contributed by atoms with Crippen LogP contribution in [0.15, 0.2) is 81.4 Å². The Balaban J connectivity index is 1.34. The predicted molar refractivity (Wildman–Crippen MR) is 160 cm³/mol. The Morgan fingerprint density at radius 3 is 2.65 bits per heavy atom. The Morgan fingerprint density at radius 1 is 1.07 bits per heavy atom. The number of nitrogens with zero attached hydrogens (tertiary/aromatic N) is 2. The number of halogens is 1. The van der Waals surface area contributed by atoms with Gasteiger partial charge in [-0.15, -0.1) is 0 Å². The molecule has 4 bridgehead atoms. The second-order valence-corrected chi connectivity index (χ2v) is 10.6. The van der Waals surface area contributed by atoms with E-state index in [-0.39, 0.29) is 23.9 Å². The Labute approximate surface area is 239 Å². The average Bonchev–Trinajstić information content (AvgIpc) is 3.51. The summed E-state index contributed by atoms with van der Waals surface area (Å²) in [7, 11) is 0. The molecule has 2 aliphatic heterocycles. The molecule has 9 heteroatoms. The number of amidine groups is 1. The number of anilines is 3. The number of furan rings is 1. The smallest absolute Gasteiger partial charge is 0.289 e. The maximum atomic E-state index is 13.3. The van der Waals surface area contributed by atoms with Crippen LogP contribution >= 0.6 is 11.6 Å². The number of fused-ring (bicyclic) bond motifs is 4. The van der Waals surface area contributed by atoms with Gasteiger partial charge in [0, 0.05) is 36.1 Å². The van der Waals surface area contributed by atoms with Crippen molar-refractivity contribution in [2.75, 3.05) is 29.0 Å². The molecular formula is C31H34ClN5O3. The molecule has 8 nitrogen and oxygen atoms in total. The first-order valence-corrected chi connectivity index (χ1v) is 14.1. The highest BCUT2D eigenvalue weighted by Gasteiger charge is 2.29. The van der Waals surface area contributed by atoms with Gasteiger partial charge in [0.05, 0.1) is 11.3 Å². The second-order valence-electron chi connectivity index (χ2n) is 10.2. The highest BCUT2D eigenvalue weighted by atomic mass is 35.5. The van der Waals surface area contributed by atoms with Gasteiger partial charge in [-0.25, -0.2) is 4.99 Å². The van der Waals surface area contributed by atoms with Crippen molar-refractivity contribution in [1.82, 2.24) is 4.90 Å². The lowest BCUT2D eigenvalue weighted by Crippen LogP contribution is -2.41. The molecule has 1 fully saturated rings. The number of carbonyl (C=O) groups is 2. The molecule has 0 saturated carbocycles. The van der Waals surface area contributed by atoms with Crippen LogP contribution in [0.4, 0.5) is 17.1 Å². The molecule has 3 heterocycles. The van der Waals surface area contributed by atoms with Crippen molar-refractivity contribution in [2.45, 2.75) is 45.7 Å². The monoisotopic (exact) mass is 559 g/mol. The number of rotatable bonds is 4. The number of piperidine rings is 1.